The van der Waals surface area contributed by atoms with Gasteiger partial charge in [0, 0.05) is 18.0 Å². The molecule has 0 atom stereocenters. The molecule has 0 aromatic carbocycles. The molecule has 2 rings (SSSR count). The van der Waals surface area contributed by atoms with Crippen molar-refractivity contribution in [2.45, 2.75) is 13.5 Å². The molecule has 0 unspecified atom stereocenters. The molecule has 0 amide bonds. The van der Waals surface area contributed by atoms with Crippen molar-refractivity contribution < 1.29 is 9.90 Å². The molecule has 18 heavy (non-hydrogen) atoms. The van der Waals surface area contributed by atoms with Crippen LogP contribution in [0.2, 0.25) is 0 Å². The summed E-state index contributed by atoms with van der Waals surface area (Å²) in [5.74, 6) is -1.09. The van der Waals surface area contributed by atoms with E-state index >= 15 is 0 Å². The van der Waals surface area contributed by atoms with Crippen LogP contribution >= 0.6 is 0 Å². The van der Waals surface area contributed by atoms with E-state index in [4.69, 9.17) is 5.11 Å². The van der Waals surface area contributed by atoms with Crippen molar-refractivity contribution in [3.05, 3.63) is 58.0 Å². The molecule has 0 spiro atoms. The van der Waals surface area contributed by atoms with Gasteiger partial charge < -0.3 is 5.11 Å². The van der Waals surface area contributed by atoms with Crippen molar-refractivity contribution in [2.75, 3.05) is 0 Å². The zero-order valence-electron chi connectivity index (χ0n) is 9.70. The summed E-state index contributed by atoms with van der Waals surface area (Å²) in [6.45, 7) is 2.01. The van der Waals surface area contributed by atoms with E-state index in [1.54, 1.807) is 13.0 Å². The molecule has 0 aliphatic carbocycles. The minimum absolute atomic E-state index is 0.0411. The first-order valence-electron chi connectivity index (χ1n) is 5.27. The number of carboxylic acid groups (broad SMARTS) is 1. The minimum atomic E-state index is -1.09. The zero-order chi connectivity index (χ0) is 13.1. The second kappa shape index (κ2) is 4.79. The molecule has 0 fully saturated rings. The topological polar surface area (TPSA) is 85.1 Å². The molecular formula is C12H11N3O3. The fourth-order valence-corrected chi connectivity index (χ4v) is 1.52. The Morgan fingerprint density at radius 2 is 2.17 bits per heavy atom. The van der Waals surface area contributed by atoms with Crippen LogP contribution in [0.1, 0.15) is 21.7 Å². The van der Waals surface area contributed by atoms with Crippen molar-refractivity contribution in [1.82, 2.24) is 14.5 Å². The average Bonchev–Trinajstić information content (AvgIpc) is 2.33. The predicted molar refractivity (Wildman–Crippen MR) is 63.5 cm³/mol. The van der Waals surface area contributed by atoms with Crippen LogP contribution in [0.25, 0.3) is 0 Å². The van der Waals surface area contributed by atoms with Gasteiger partial charge in [0.05, 0.1) is 12.9 Å². The first-order valence-corrected chi connectivity index (χ1v) is 5.27. The van der Waals surface area contributed by atoms with Gasteiger partial charge in [-0.3, -0.25) is 9.36 Å². The monoisotopic (exact) mass is 245 g/mol. The van der Waals surface area contributed by atoms with Gasteiger partial charge >= 0.3 is 5.97 Å². The van der Waals surface area contributed by atoms with Crippen LogP contribution in [-0.2, 0) is 6.54 Å². The molecule has 6 heteroatoms. The maximum atomic E-state index is 11.7. The van der Waals surface area contributed by atoms with Crippen molar-refractivity contribution >= 4 is 5.97 Å². The van der Waals surface area contributed by atoms with E-state index in [0.717, 1.165) is 0 Å². The Morgan fingerprint density at radius 1 is 1.39 bits per heavy atom. The number of nitrogens with zero attached hydrogens (tertiary/aromatic N) is 3. The van der Waals surface area contributed by atoms with Gasteiger partial charge in [-0.25, -0.2) is 14.8 Å². The summed E-state index contributed by atoms with van der Waals surface area (Å²) in [6, 6.07) is 4.53. The van der Waals surface area contributed by atoms with Crippen molar-refractivity contribution in [2.24, 2.45) is 0 Å². The number of hydrogen-bond donors (Lipinski definition) is 1. The predicted octanol–water partition coefficient (Wildman–Crippen LogP) is 0.693. The lowest BCUT2D eigenvalue weighted by molar-refractivity contribution is 0.0690. The Balaban J connectivity index is 2.31. The lowest BCUT2D eigenvalue weighted by atomic mass is 10.2. The van der Waals surface area contributed by atoms with E-state index in [1.165, 1.54) is 29.2 Å². The smallest absolute Gasteiger partial charge is 0.354 e. The van der Waals surface area contributed by atoms with Crippen molar-refractivity contribution in [1.29, 1.82) is 0 Å². The molecule has 2 aromatic heterocycles. The number of aromatic nitrogens is 3. The van der Waals surface area contributed by atoms with Crippen LogP contribution in [0.15, 0.2) is 35.5 Å². The highest BCUT2D eigenvalue weighted by molar-refractivity contribution is 5.85. The molecule has 2 heterocycles. The van der Waals surface area contributed by atoms with Gasteiger partial charge in [-0.05, 0) is 24.6 Å². The molecule has 0 bridgehead atoms. The SMILES string of the molecule is Cc1cc(=O)n(Cc2ccnc(C(=O)O)c2)cn1. The highest BCUT2D eigenvalue weighted by Gasteiger charge is 2.06. The van der Waals surface area contributed by atoms with Crippen LogP contribution in [0, 0.1) is 6.92 Å². The third-order valence-electron chi connectivity index (χ3n) is 2.41. The lowest BCUT2D eigenvalue weighted by Gasteiger charge is -2.05. The molecule has 1 N–H and O–H groups in total. The quantitative estimate of drug-likeness (QED) is 0.860. The van der Waals surface area contributed by atoms with E-state index in [9.17, 15) is 9.59 Å². The molecule has 0 saturated heterocycles. The Bertz CT molecular complexity index is 649. The summed E-state index contributed by atoms with van der Waals surface area (Å²) in [4.78, 5) is 30.2. The van der Waals surface area contributed by atoms with Crippen LogP contribution in [0.4, 0.5) is 0 Å². The Hall–Kier alpha value is -2.50. The highest BCUT2D eigenvalue weighted by atomic mass is 16.4. The van der Waals surface area contributed by atoms with Crippen LogP contribution in [-0.4, -0.2) is 25.6 Å². The Labute approximate surface area is 103 Å². The third kappa shape index (κ3) is 2.60. The fraction of sp³-hybridized carbons (Fsp3) is 0.167. The van der Waals surface area contributed by atoms with Crippen molar-refractivity contribution in [3.63, 3.8) is 0 Å². The van der Waals surface area contributed by atoms with Gasteiger partial charge in [0.1, 0.15) is 5.69 Å². The summed E-state index contributed by atoms with van der Waals surface area (Å²) >= 11 is 0. The van der Waals surface area contributed by atoms with E-state index < -0.39 is 5.97 Å². The molecule has 0 radical (unpaired) electrons. The largest absolute Gasteiger partial charge is 0.477 e. The maximum absolute atomic E-state index is 11.7. The van der Waals surface area contributed by atoms with Gasteiger partial charge in [-0.2, -0.15) is 0 Å². The summed E-state index contributed by atoms with van der Waals surface area (Å²) < 4.78 is 1.41. The summed E-state index contributed by atoms with van der Waals surface area (Å²) in [7, 11) is 0. The van der Waals surface area contributed by atoms with Gasteiger partial charge in [-0.15, -0.1) is 0 Å². The van der Waals surface area contributed by atoms with E-state index in [-0.39, 0.29) is 17.8 Å². The molecule has 0 aliphatic rings. The Kier molecular flexibility index (Phi) is 3.18. The molecule has 92 valence electrons. The number of rotatable bonds is 3. The second-order valence-corrected chi connectivity index (χ2v) is 3.85. The molecular weight excluding hydrogens is 234 g/mol. The maximum Gasteiger partial charge on any atom is 0.354 e. The zero-order valence-corrected chi connectivity index (χ0v) is 9.70. The second-order valence-electron chi connectivity index (χ2n) is 3.85. The number of carbonyl (C=O) groups is 1. The normalized spacial score (nSPS) is 10.3. The van der Waals surface area contributed by atoms with E-state index in [2.05, 4.69) is 9.97 Å². The van der Waals surface area contributed by atoms with Gasteiger partial charge in [0.2, 0.25) is 0 Å². The third-order valence-corrected chi connectivity index (χ3v) is 2.41. The average molecular weight is 245 g/mol. The summed E-state index contributed by atoms with van der Waals surface area (Å²) in [5, 5.41) is 8.82. The Morgan fingerprint density at radius 3 is 2.83 bits per heavy atom. The first-order chi connectivity index (χ1) is 8.56. The van der Waals surface area contributed by atoms with Crippen LogP contribution in [0.5, 0.6) is 0 Å². The van der Waals surface area contributed by atoms with E-state index in [1.807, 2.05) is 0 Å². The van der Waals surface area contributed by atoms with Gasteiger partial charge in [0.25, 0.3) is 5.56 Å². The first kappa shape index (κ1) is 12.0. The lowest BCUT2D eigenvalue weighted by Crippen LogP contribution is -2.20. The number of aromatic carboxylic acids is 1. The fourth-order valence-electron chi connectivity index (χ4n) is 1.52. The molecule has 0 aliphatic heterocycles. The van der Waals surface area contributed by atoms with Crippen LogP contribution < -0.4 is 5.56 Å². The van der Waals surface area contributed by atoms with E-state index in [0.29, 0.717) is 11.3 Å². The summed E-state index contributed by atoms with van der Waals surface area (Å²) in [6.07, 6.45) is 2.85. The minimum Gasteiger partial charge on any atom is -0.477 e. The number of pyridine rings is 1. The number of hydrogen-bond acceptors (Lipinski definition) is 4. The molecule has 0 saturated carbocycles. The standard InChI is InChI=1S/C12H11N3O3/c1-8-4-11(16)15(7-14-8)6-9-2-3-13-10(5-9)12(17)18/h2-5,7H,6H2,1H3,(H,17,18). The molecule has 2 aromatic rings. The summed E-state index contributed by atoms with van der Waals surface area (Å²) in [5.41, 5.74) is 1.13. The van der Waals surface area contributed by atoms with Crippen LogP contribution in [0.3, 0.4) is 0 Å². The number of aryl methyl sites for hydroxylation is 1. The van der Waals surface area contributed by atoms with Crippen molar-refractivity contribution in [3.8, 4) is 0 Å². The van der Waals surface area contributed by atoms with Gasteiger partial charge in [-0.1, -0.05) is 0 Å². The van der Waals surface area contributed by atoms with Gasteiger partial charge in [0.15, 0.2) is 0 Å². The number of carboxylic acids is 1. The molecule has 6 nitrogen and oxygen atoms in total. The highest BCUT2D eigenvalue weighted by Crippen LogP contribution is 2.03.